The molecule has 0 radical (unpaired) electrons. The van der Waals surface area contributed by atoms with Crippen LogP contribution in [-0.4, -0.2) is 18.9 Å². The predicted molar refractivity (Wildman–Crippen MR) is 124 cm³/mol. The Kier molecular flexibility index (Phi) is 6.21. The van der Waals surface area contributed by atoms with Gasteiger partial charge in [-0.15, -0.1) is 0 Å². The van der Waals surface area contributed by atoms with E-state index in [2.05, 4.69) is 0 Å². The van der Waals surface area contributed by atoms with E-state index < -0.39 is 11.9 Å². The van der Waals surface area contributed by atoms with Crippen molar-refractivity contribution in [3.8, 4) is 5.75 Å². The molecule has 7 heteroatoms. The number of hydrogen-bond donors (Lipinski definition) is 1. The van der Waals surface area contributed by atoms with Crippen molar-refractivity contribution in [3.05, 3.63) is 87.5 Å². The van der Waals surface area contributed by atoms with Gasteiger partial charge in [0.1, 0.15) is 23.7 Å². The third kappa shape index (κ3) is 4.48. The molecule has 0 amide bonds. The molecule has 6 nitrogen and oxygen atoms in total. The molecule has 2 aromatic rings. The molecule has 0 bridgehead atoms. The monoisotopic (exact) mass is 467 g/mol. The first-order valence-electron chi connectivity index (χ1n) is 10.7. The summed E-state index contributed by atoms with van der Waals surface area (Å²) in [5.74, 6) is -0.539. The number of ether oxygens (including phenoxy) is 3. The van der Waals surface area contributed by atoms with Gasteiger partial charge in [0.05, 0.1) is 13.0 Å². The van der Waals surface area contributed by atoms with Crippen molar-refractivity contribution in [2.24, 2.45) is 11.1 Å². The zero-order valence-electron chi connectivity index (χ0n) is 18.8. The topological polar surface area (TPSA) is 87.9 Å². The number of Topliss-reactive ketones (excluding diaryl/α,β-unsaturated/α-hetero) is 1. The Labute approximate surface area is 198 Å². The summed E-state index contributed by atoms with van der Waals surface area (Å²) in [6.45, 7) is 4.23. The van der Waals surface area contributed by atoms with Crippen molar-refractivity contribution in [3.63, 3.8) is 0 Å². The minimum Gasteiger partial charge on any atom is -0.489 e. The first-order valence-corrected chi connectivity index (χ1v) is 11.1. The molecule has 33 heavy (non-hydrogen) atoms. The third-order valence-corrected chi connectivity index (χ3v) is 6.30. The van der Waals surface area contributed by atoms with Crippen LogP contribution in [0.2, 0.25) is 5.02 Å². The van der Waals surface area contributed by atoms with E-state index in [4.69, 9.17) is 31.5 Å². The molecular formula is C26H26ClNO5. The number of benzene rings is 2. The molecular weight excluding hydrogens is 442 g/mol. The third-order valence-electron chi connectivity index (χ3n) is 5.93. The summed E-state index contributed by atoms with van der Waals surface area (Å²) in [6.07, 6.45) is 0.866. The molecule has 2 aromatic carbocycles. The Bertz CT molecular complexity index is 1180. The molecule has 0 spiro atoms. The van der Waals surface area contributed by atoms with Crippen molar-refractivity contribution < 1.29 is 23.8 Å². The molecule has 1 aliphatic carbocycles. The second-order valence-corrected chi connectivity index (χ2v) is 9.41. The number of allylic oxidation sites excluding steroid dienone is 2. The van der Waals surface area contributed by atoms with Crippen molar-refractivity contribution in [1.82, 2.24) is 0 Å². The Morgan fingerprint density at radius 2 is 1.85 bits per heavy atom. The first kappa shape index (κ1) is 22.9. The lowest BCUT2D eigenvalue weighted by Gasteiger charge is -2.38. The van der Waals surface area contributed by atoms with Gasteiger partial charge in [-0.2, -0.15) is 0 Å². The molecule has 1 aliphatic heterocycles. The first-order chi connectivity index (χ1) is 15.7. The average molecular weight is 468 g/mol. The highest BCUT2D eigenvalue weighted by Gasteiger charge is 2.45. The summed E-state index contributed by atoms with van der Waals surface area (Å²) >= 11 is 6.28. The van der Waals surface area contributed by atoms with Crippen LogP contribution in [0, 0.1) is 5.41 Å². The van der Waals surface area contributed by atoms with E-state index in [0.29, 0.717) is 40.5 Å². The number of carbonyl (C=O) groups is 2. The highest BCUT2D eigenvalue weighted by Crippen LogP contribution is 2.49. The quantitative estimate of drug-likeness (QED) is 0.621. The number of halogens is 1. The maximum atomic E-state index is 13.3. The number of esters is 1. The minimum atomic E-state index is -0.757. The van der Waals surface area contributed by atoms with Gasteiger partial charge in [0.15, 0.2) is 5.78 Å². The molecule has 4 rings (SSSR count). The number of ketones is 1. The number of rotatable bonds is 5. The molecule has 0 saturated heterocycles. The number of nitrogens with two attached hydrogens (primary N) is 1. The van der Waals surface area contributed by atoms with Gasteiger partial charge in [0.2, 0.25) is 5.88 Å². The van der Waals surface area contributed by atoms with Crippen molar-refractivity contribution in [1.29, 1.82) is 0 Å². The summed E-state index contributed by atoms with van der Waals surface area (Å²) in [4.78, 5) is 26.1. The number of carbonyl (C=O) groups excluding carboxylic acids is 2. The Morgan fingerprint density at radius 1 is 1.15 bits per heavy atom. The van der Waals surface area contributed by atoms with Crippen LogP contribution < -0.4 is 10.5 Å². The zero-order valence-corrected chi connectivity index (χ0v) is 19.6. The average Bonchev–Trinajstić information content (AvgIpc) is 2.76. The van der Waals surface area contributed by atoms with Gasteiger partial charge in [-0.3, -0.25) is 4.79 Å². The fourth-order valence-corrected chi connectivity index (χ4v) is 4.62. The fourth-order valence-electron chi connectivity index (χ4n) is 4.43. The van der Waals surface area contributed by atoms with Crippen LogP contribution >= 0.6 is 11.6 Å². The predicted octanol–water partition coefficient (Wildman–Crippen LogP) is 5.02. The van der Waals surface area contributed by atoms with Crippen LogP contribution in [0.25, 0.3) is 0 Å². The van der Waals surface area contributed by atoms with Crippen molar-refractivity contribution in [2.45, 2.75) is 39.2 Å². The fraction of sp³-hybridized carbons (Fsp3) is 0.308. The van der Waals surface area contributed by atoms with Crippen molar-refractivity contribution in [2.75, 3.05) is 7.11 Å². The summed E-state index contributed by atoms with van der Waals surface area (Å²) in [6, 6.07) is 14.7. The maximum Gasteiger partial charge on any atom is 0.340 e. The molecule has 1 atom stereocenters. The van der Waals surface area contributed by atoms with Gasteiger partial charge in [-0.05, 0) is 17.5 Å². The molecule has 2 aliphatic rings. The van der Waals surface area contributed by atoms with Crippen molar-refractivity contribution >= 4 is 23.4 Å². The van der Waals surface area contributed by atoms with E-state index in [1.165, 1.54) is 7.11 Å². The van der Waals surface area contributed by atoms with Crippen LogP contribution in [0.15, 0.2) is 71.3 Å². The Morgan fingerprint density at radius 3 is 2.58 bits per heavy atom. The summed E-state index contributed by atoms with van der Waals surface area (Å²) in [5.41, 5.74) is 7.92. The van der Waals surface area contributed by atoms with Gasteiger partial charge >= 0.3 is 5.97 Å². The standard InChI is InChI=1S/C26H26ClNO5/c1-26(2)12-18(29)22-20(13-26)33-24(28)23(25(30)31-3)21(22)16-9-5-7-11-19(16)32-14-15-8-4-6-10-17(15)27/h4-11,21H,12-14,28H2,1-3H3/t21-/m1/s1. The van der Waals surface area contributed by atoms with Gasteiger partial charge in [-0.25, -0.2) is 4.79 Å². The Balaban J connectivity index is 1.81. The molecule has 0 aromatic heterocycles. The molecule has 0 unspecified atom stereocenters. The SMILES string of the molecule is COC(=O)C1=C(N)OC2=C(C(=O)CC(C)(C)C2)[C@H]1c1ccccc1OCc1ccccc1Cl. The molecule has 0 saturated carbocycles. The number of hydrogen-bond acceptors (Lipinski definition) is 6. The second-order valence-electron chi connectivity index (χ2n) is 9.00. The van der Waals surface area contributed by atoms with E-state index in [1.54, 1.807) is 12.1 Å². The molecule has 2 N–H and O–H groups in total. The van der Waals surface area contributed by atoms with Gasteiger partial charge in [-0.1, -0.05) is 61.8 Å². The number of methoxy groups -OCH3 is 1. The summed E-state index contributed by atoms with van der Waals surface area (Å²) in [5, 5.41) is 0.593. The van der Waals surface area contributed by atoms with Crippen LogP contribution in [-0.2, 0) is 25.7 Å². The highest BCUT2D eigenvalue weighted by atomic mass is 35.5. The largest absolute Gasteiger partial charge is 0.489 e. The summed E-state index contributed by atoms with van der Waals surface area (Å²) < 4.78 is 17.0. The lowest BCUT2D eigenvalue weighted by Crippen LogP contribution is -2.35. The van der Waals surface area contributed by atoms with E-state index in [1.807, 2.05) is 50.2 Å². The van der Waals surface area contributed by atoms with E-state index in [9.17, 15) is 9.59 Å². The van der Waals surface area contributed by atoms with Crippen LogP contribution in [0.3, 0.4) is 0 Å². The molecule has 1 heterocycles. The van der Waals surface area contributed by atoms with Crippen LogP contribution in [0.5, 0.6) is 5.75 Å². The minimum absolute atomic E-state index is 0.0583. The highest BCUT2D eigenvalue weighted by molar-refractivity contribution is 6.31. The Hall–Kier alpha value is -3.25. The number of para-hydroxylation sites is 1. The lowest BCUT2D eigenvalue weighted by molar-refractivity contribution is -0.136. The van der Waals surface area contributed by atoms with Gasteiger partial charge in [0.25, 0.3) is 0 Å². The van der Waals surface area contributed by atoms with Gasteiger partial charge in [0, 0.05) is 34.6 Å². The molecule has 172 valence electrons. The van der Waals surface area contributed by atoms with Gasteiger partial charge < -0.3 is 19.9 Å². The smallest absolute Gasteiger partial charge is 0.340 e. The van der Waals surface area contributed by atoms with E-state index in [0.717, 1.165) is 5.56 Å². The molecule has 0 fully saturated rings. The van der Waals surface area contributed by atoms with Crippen LogP contribution in [0.1, 0.15) is 43.7 Å². The van der Waals surface area contributed by atoms with E-state index >= 15 is 0 Å². The van der Waals surface area contributed by atoms with Crippen LogP contribution in [0.4, 0.5) is 0 Å². The summed E-state index contributed by atoms with van der Waals surface area (Å²) in [7, 11) is 1.27. The maximum absolute atomic E-state index is 13.3. The second kappa shape index (κ2) is 8.94. The zero-order chi connectivity index (χ0) is 23.8. The normalized spacial score (nSPS) is 19.6. The van der Waals surface area contributed by atoms with E-state index in [-0.39, 0.29) is 29.3 Å². The lowest BCUT2D eigenvalue weighted by atomic mass is 9.70.